The molecule has 0 saturated heterocycles. The van der Waals surface area contributed by atoms with Gasteiger partial charge in [0.2, 0.25) is 0 Å². The molecule has 0 aliphatic rings. The molecule has 5 heteroatoms. The Bertz CT molecular complexity index is 617. The number of pyridine rings is 1. The first-order valence-corrected chi connectivity index (χ1v) is 6.76. The summed E-state index contributed by atoms with van der Waals surface area (Å²) in [7, 11) is 1.50. The minimum absolute atomic E-state index is 0.137. The van der Waals surface area contributed by atoms with Crippen molar-refractivity contribution in [3.05, 3.63) is 53.1 Å². The monoisotopic (exact) mass is 290 g/mol. The van der Waals surface area contributed by atoms with Gasteiger partial charge >= 0.3 is 0 Å². The van der Waals surface area contributed by atoms with Crippen LogP contribution in [0.2, 0.25) is 0 Å². The van der Waals surface area contributed by atoms with Gasteiger partial charge in [-0.3, -0.25) is 4.98 Å². The number of ether oxygens (including phenoxy) is 2. The third kappa shape index (κ3) is 3.92. The number of aromatic nitrogens is 1. The van der Waals surface area contributed by atoms with Crippen molar-refractivity contribution in [3.8, 4) is 11.5 Å². The molecule has 0 radical (unpaired) electrons. The topological polar surface area (TPSA) is 57.4 Å². The predicted molar refractivity (Wildman–Crippen MR) is 79.0 cm³/mol. The second kappa shape index (κ2) is 7.04. The van der Waals surface area contributed by atoms with Gasteiger partial charge in [0.25, 0.3) is 0 Å². The van der Waals surface area contributed by atoms with Crippen molar-refractivity contribution in [2.45, 2.75) is 20.0 Å². The molecular formula is C16H19FN2O2. The molecule has 1 aromatic carbocycles. The van der Waals surface area contributed by atoms with Crippen LogP contribution in [0.5, 0.6) is 11.5 Å². The lowest BCUT2D eigenvalue weighted by Gasteiger charge is -2.12. The van der Waals surface area contributed by atoms with Crippen molar-refractivity contribution >= 4 is 0 Å². The van der Waals surface area contributed by atoms with E-state index in [9.17, 15) is 4.39 Å². The van der Waals surface area contributed by atoms with Gasteiger partial charge in [-0.05, 0) is 37.7 Å². The number of methoxy groups -OCH3 is 1. The highest BCUT2D eigenvalue weighted by Crippen LogP contribution is 2.21. The molecule has 21 heavy (non-hydrogen) atoms. The maximum atomic E-state index is 13.9. The van der Waals surface area contributed by atoms with E-state index in [-0.39, 0.29) is 12.4 Å². The summed E-state index contributed by atoms with van der Waals surface area (Å²) in [4.78, 5) is 4.41. The van der Waals surface area contributed by atoms with Crippen LogP contribution in [0.4, 0.5) is 4.39 Å². The van der Waals surface area contributed by atoms with Crippen LogP contribution < -0.4 is 15.2 Å². The maximum absolute atomic E-state index is 13.9. The fourth-order valence-corrected chi connectivity index (χ4v) is 1.97. The van der Waals surface area contributed by atoms with Gasteiger partial charge in [0.1, 0.15) is 23.9 Å². The van der Waals surface area contributed by atoms with E-state index in [1.165, 1.54) is 13.2 Å². The number of rotatable bonds is 6. The molecule has 4 nitrogen and oxygen atoms in total. The third-order valence-corrected chi connectivity index (χ3v) is 3.10. The lowest BCUT2D eigenvalue weighted by atomic mass is 10.2. The number of hydrogen-bond acceptors (Lipinski definition) is 4. The van der Waals surface area contributed by atoms with Crippen molar-refractivity contribution in [2.24, 2.45) is 5.73 Å². The number of halogens is 1. The highest BCUT2D eigenvalue weighted by Gasteiger charge is 2.08. The van der Waals surface area contributed by atoms with Gasteiger partial charge in [0, 0.05) is 23.7 Å². The minimum atomic E-state index is -0.352. The highest BCUT2D eigenvalue weighted by atomic mass is 19.1. The maximum Gasteiger partial charge on any atom is 0.141 e. The zero-order valence-electron chi connectivity index (χ0n) is 12.2. The first-order chi connectivity index (χ1) is 10.1. The van der Waals surface area contributed by atoms with E-state index in [0.29, 0.717) is 30.0 Å². The summed E-state index contributed by atoms with van der Waals surface area (Å²) in [6.45, 7) is 2.54. The summed E-state index contributed by atoms with van der Waals surface area (Å²) in [5.74, 6) is 0.771. The molecule has 0 spiro atoms. The Labute approximate surface area is 123 Å². The minimum Gasteiger partial charge on any atom is -0.497 e. The number of nitrogens with zero attached hydrogens (tertiary/aromatic N) is 1. The Morgan fingerprint density at radius 3 is 2.71 bits per heavy atom. The van der Waals surface area contributed by atoms with Crippen LogP contribution in [0, 0.1) is 12.7 Å². The molecule has 112 valence electrons. The van der Waals surface area contributed by atoms with E-state index in [1.807, 2.05) is 19.1 Å². The molecule has 0 aliphatic carbocycles. The van der Waals surface area contributed by atoms with Crippen LogP contribution in [0.3, 0.4) is 0 Å². The summed E-state index contributed by atoms with van der Waals surface area (Å²) in [5, 5.41) is 0. The lowest BCUT2D eigenvalue weighted by molar-refractivity contribution is 0.294. The molecular weight excluding hydrogens is 271 g/mol. The van der Waals surface area contributed by atoms with Gasteiger partial charge < -0.3 is 15.2 Å². The van der Waals surface area contributed by atoms with E-state index < -0.39 is 0 Å². The summed E-state index contributed by atoms with van der Waals surface area (Å²) in [6, 6.07) is 8.40. The van der Waals surface area contributed by atoms with Crippen molar-refractivity contribution in [1.29, 1.82) is 0 Å². The number of hydrogen-bond donors (Lipinski definition) is 1. The molecule has 0 fully saturated rings. The molecule has 0 saturated carbocycles. The molecule has 2 aromatic rings. The van der Waals surface area contributed by atoms with Gasteiger partial charge in [-0.15, -0.1) is 0 Å². The van der Waals surface area contributed by atoms with Crippen LogP contribution in [-0.2, 0) is 13.0 Å². The van der Waals surface area contributed by atoms with Crippen molar-refractivity contribution in [1.82, 2.24) is 4.98 Å². The van der Waals surface area contributed by atoms with Crippen LogP contribution in [0.1, 0.15) is 17.0 Å². The van der Waals surface area contributed by atoms with E-state index in [1.54, 1.807) is 12.1 Å². The zero-order valence-corrected chi connectivity index (χ0v) is 12.2. The Morgan fingerprint density at radius 2 is 2.05 bits per heavy atom. The van der Waals surface area contributed by atoms with Crippen molar-refractivity contribution in [2.75, 3.05) is 13.7 Å². The van der Waals surface area contributed by atoms with Crippen molar-refractivity contribution in [3.63, 3.8) is 0 Å². The van der Waals surface area contributed by atoms with E-state index in [4.69, 9.17) is 15.2 Å². The van der Waals surface area contributed by atoms with E-state index in [0.717, 1.165) is 11.4 Å². The van der Waals surface area contributed by atoms with Crippen LogP contribution >= 0.6 is 0 Å². The summed E-state index contributed by atoms with van der Waals surface area (Å²) >= 11 is 0. The molecule has 0 atom stereocenters. The number of benzene rings is 1. The van der Waals surface area contributed by atoms with Crippen LogP contribution in [-0.4, -0.2) is 18.6 Å². The molecule has 1 heterocycles. The molecule has 0 aliphatic heterocycles. The molecule has 2 N–H and O–H groups in total. The molecule has 0 amide bonds. The lowest BCUT2D eigenvalue weighted by Crippen LogP contribution is -2.08. The summed E-state index contributed by atoms with van der Waals surface area (Å²) in [5.41, 5.74) is 7.74. The quantitative estimate of drug-likeness (QED) is 0.888. The number of aryl methyl sites for hydroxylation is 1. The van der Waals surface area contributed by atoms with E-state index in [2.05, 4.69) is 4.98 Å². The second-order valence-corrected chi connectivity index (χ2v) is 4.68. The normalized spacial score (nSPS) is 10.5. The number of nitrogens with two attached hydrogens (primary N) is 1. The standard InChI is InChI=1S/C16H19FN2O2/c1-11-3-6-16(15(19-11)7-8-18)21-10-12-4-5-13(20-2)9-14(12)17/h3-6,9H,7-8,10,18H2,1-2H3. The Morgan fingerprint density at radius 1 is 1.24 bits per heavy atom. The summed E-state index contributed by atoms with van der Waals surface area (Å²) < 4.78 is 24.5. The third-order valence-electron chi connectivity index (χ3n) is 3.10. The fourth-order valence-electron chi connectivity index (χ4n) is 1.97. The fraction of sp³-hybridized carbons (Fsp3) is 0.312. The van der Waals surface area contributed by atoms with Crippen LogP contribution in [0.15, 0.2) is 30.3 Å². The summed E-state index contributed by atoms with van der Waals surface area (Å²) in [6.07, 6.45) is 0.627. The Hall–Kier alpha value is -2.14. The van der Waals surface area contributed by atoms with Gasteiger partial charge in [-0.25, -0.2) is 4.39 Å². The first-order valence-electron chi connectivity index (χ1n) is 6.76. The first kappa shape index (κ1) is 15.3. The SMILES string of the molecule is COc1ccc(COc2ccc(C)nc2CCN)c(F)c1. The average molecular weight is 290 g/mol. The van der Waals surface area contributed by atoms with Gasteiger partial charge in [-0.1, -0.05) is 0 Å². The van der Waals surface area contributed by atoms with Gasteiger partial charge in [0.05, 0.1) is 12.8 Å². The predicted octanol–water partition coefficient (Wildman–Crippen LogP) is 2.62. The highest BCUT2D eigenvalue weighted by molar-refractivity contribution is 5.32. The Balaban J connectivity index is 2.12. The smallest absolute Gasteiger partial charge is 0.141 e. The second-order valence-electron chi connectivity index (χ2n) is 4.68. The van der Waals surface area contributed by atoms with E-state index >= 15 is 0 Å². The van der Waals surface area contributed by atoms with Crippen LogP contribution in [0.25, 0.3) is 0 Å². The van der Waals surface area contributed by atoms with Gasteiger partial charge in [-0.2, -0.15) is 0 Å². The zero-order chi connectivity index (χ0) is 15.2. The largest absolute Gasteiger partial charge is 0.497 e. The average Bonchev–Trinajstić information content (AvgIpc) is 2.48. The Kier molecular flexibility index (Phi) is 5.11. The van der Waals surface area contributed by atoms with Gasteiger partial charge in [0.15, 0.2) is 0 Å². The molecule has 0 unspecified atom stereocenters. The van der Waals surface area contributed by atoms with Crippen molar-refractivity contribution < 1.29 is 13.9 Å². The molecule has 1 aromatic heterocycles. The molecule has 2 rings (SSSR count). The molecule has 0 bridgehead atoms.